The third-order valence-electron chi connectivity index (χ3n) is 5.24. The van der Waals surface area contributed by atoms with Gasteiger partial charge in [0.1, 0.15) is 19.3 Å². The molecule has 0 saturated heterocycles. The predicted molar refractivity (Wildman–Crippen MR) is 132 cm³/mol. The molecule has 0 bridgehead atoms. The van der Waals surface area contributed by atoms with Crippen LogP contribution >= 0.6 is 7.82 Å². The largest absolute Gasteiger partial charge is 0.472 e. The van der Waals surface area contributed by atoms with E-state index in [1.54, 1.807) is 0 Å². The molecular weight excluding hydrogens is 429 g/mol. The molecule has 0 aliphatic carbocycles. The zero-order valence-corrected chi connectivity index (χ0v) is 22.6. The molecule has 32 heavy (non-hydrogen) atoms. The quantitative estimate of drug-likeness (QED) is 0.104. The molecule has 1 N–H and O–H groups in total. The molecule has 0 aliphatic rings. The molecule has 8 heteroatoms. The fourth-order valence-corrected chi connectivity index (χ4v) is 3.86. The number of phosphoric acid groups is 1. The minimum atomic E-state index is -4.10. The first-order chi connectivity index (χ1) is 15.2. The third kappa shape index (κ3) is 23.2. The fraction of sp³-hybridized carbons (Fsp3) is 1.00. The summed E-state index contributed by atoms with van der Waals surface area (Å²) in [6, 6.07) is 0. The molecule has 1 unspecified atom stereocenters. The van der Waals surface area contributed by atoms with Crippen LogP contribution in [0.1, 0.15) is 90.9 Å². The Morgan fingerprint density at radius 2 is 1.25 bits per heavy atom. The van der Waals surface area contributed by atoms with Crippen molar-refractivity contribution in [1.82, 2.24) is 0 Å². The first-order valence-electron chi connectivity index (χ1n) is 12.8. The van der Waals surface area contributed by atoms with Gasteiger partial charge in [-0.15, -0.1) is 0 Å². The van der Waals surface area contributed by atoms with E-state index in [0.29, 0.717) is 30.8 Å². The fourth-order valence-electron chi connectivity index (χ4n) is 3.12. The summed E-state index contributed by atoms with van der Waals surface area (Å²) in [4.78, 5) is 9.97. The highest BCUT2D eigenvalue weighted by atomic mass is 31.2. The second-order valence-electron chi connectivity index (χ2n) is 9.71. The van der Waals surface area contributed by atoms with Crippen LogP contribution in [0.4, 0.5) is 0 Å². The Balaban J connectivity index is 4.25. The summed E-state index contributed by atoms with van der Waals surface area (Å²) in [5, 5.41) is 0. The number of unbranched alkanes of at least 4 members (excludes halogenated alkanes) is 10. The number of likely N-dealkylation sites (N-methyl/N-ethyl adjacent to an activating group) is 1. The van der Waals surface area contributed by atoms with Crippen LogP contribution in [0.25, 0.3) is 0 Å². The van der Waals surface area contributed by atoms with Crippen LogP contribution in [0.3, 0.4) is 0 Å². The predicted octanol–water partition coefficient (Wildman–Crippen LogP) is 5.95. The maximum Gasteiger partial charge on any atom is 0.472 e. The molecule has 0 aromatic carbocycles. The molecule has 0 radical (unpaired) electrons. The lowest BCUT2D eigenvalue weighted by molar-refractivity contribution is -0.870. The standard InChI is InChI=1S/C24H52NO6P/c1-6-8-10-12-14-16-19-28-22-24(29-20-17-15-13-11-9-7-2)23-31-32(26,27)30-21-18-25(3,4)5/h24H,6-23H2,1-5H3/p+1/t24-/m1/s1. The Bertz CT molecular complexity index is 458. The molecule has 0 heterocycles. The average Bonchev–Trinajstić information content (AvgIpc) is 2.71. The zero-order valence-electron chi connectivity index (χ0n) is 21.7. The van der Waals surface area contributed by atoms with Gasteiger partial charge >= 0.3 is 7.82 Å². The van der Waals surface area contributed by atoms with E-state index in [9.17, 15) is 9.46 Å². The van der Waals surface area contributed by atoms with Crippen LogP contribution in [0.2, 0.25) is 0 Å². The Morgan fingerprint density at radius 1 is 0.719 bits per heavy atom. The smallest absolute Gasteiger partial charge is 0.379 e. The van der Waals surface area contributed by atoms with Crippen LogP contribution in [-0.2, 0) is 23.1 Å². The van der Waals surface area contributed by atoms with Crippen LogP contribution in [0.5, 0.6) is 0 Å². The number of ether oxygens (including phenoxy) is 2. The van der Waals surface area contributed by atoms with E-state index in [4.69, 9.17) is 18.5 Å². The summed E-state index contributed by atoms with van der Waals surface area (Å²) in [5.74, 6) is 0. The molecule has 0 spiro atoms. The van der Waals surface area contributed by atoms with E-state index in [2.05, 4.69) is 13.8 Å². The van der Waals surface area contributed by atoms with E-state index < -0.39 is 7.82 Å². The highest BCUT2D eigenvalue weighted by molar-refractivity contribution is 7.47. The van der Waals surface area contributed by atoms with Crippen molar-refractivity contribution in [3.05, 3.63) is 0 Å². The van der Waals surface area contributed by atoms with Gasteiger partial charge in [0.25, 0.3) is 0 Å². The van der Waals surface area contributed by atoms with Gasteiger partial charge in [0.2, 0.25) is 0 Å². The first kappa shape index (κ1) is 32.0. The Kier molecular flexibility index (Phi) is 20.4. The van der Waals surface area contributed by atoms with Crippen molar-refractivity contribution in [3.8, 4) is 0 Å². The van der Waals surface area contributed by atoms with Crippen LogP contribution in [-0.4, -0.2) is 76.2 Å². The van der Waals surface area contributed by atoms with Crippen molar-refractivity contribution in [2.24, 2.45) is 0 Å². The number of nitrogens with zero attached hydrogens (tertiary/aromatic N) is 1. The lowest BCUT2D eigenvalue weighted by Gasteiger charge is -2.24. The molecule has 0 saturated carbocycles. The minimum Gasteiger partial charge on any atom is -0.379 e. The van der Waals surface area contributed by atoms with Gasteiger partial charge in [-0.1, -0.05) is 78.1 Å². The van der Waals surface area contributed by atoms with Crippen LogP contribution in [0, 0.1) is 0 Å². The number of rotatable bonds is 24. The van der Waals surface area contributed by atoms with Crippen molar-refractivity contribution in [3.63, 3.8) is 0 Å². The van der Waals surface area contributed by atoms with Crippen LogP contribution in [0.15, 0.2) is 0 Å². The molecular formula is C24H53NO6P+. The Hall–Kier alpha value is -0.0100. The number of phosphoric ester groups is 1. The van der Waals surface area contributed by atoms with Crippen molar-refractivity contribution >= 4 is 7.82 Å². The highest BCUT2D eigenvalue weighted by Gasteiger charge is 2.25. The SMILES string of the molecule is CCCCCCCCOC[C@H](COP(=O)(O)OCC[N+](C)(C)C)OCCCCCCCC. The lowest BCUT2D eigenvalue weighted by atomic mass is 10.1. The van der Waals surface area contributed by atoms with Gasteiger partial charge in [0.15, 0.2) is 0 Å². The van der Waals surface area contributed by atoms with Gasteiger partial charge in [-0.25, -0.2) is 4.57 Å². The van der Waals surface area contributed by atoms with Gasteiger partial charge in [0, 0.05) is 13.2 Å². The number of hydrogen-bond donors (Lipinski definition) is 1. The molecule has 0 aliphatic heterocycles. The number of quaternary nitrogens is 1. The topological polar surface area (TPSA) is 74.2 Å². The zero-order chi connectivity index (χ0) is 24.1. The summed E-state index contributed by atoms with van der Waals surface area (Å²) >= 11 is 0. The summed E-state index contributed by atoms with van der Waals surface area (Å²) in [6.07, 6.45) is 14.0. The molecule has 2 atom stereocenters. The lowest BCUT2D eigenvalue weighted by Crippen LogP contribution is -2.37. The van der Waals surface area contributed by atoms with E-state index in [0.717, 1.165) is 19.3 Å². The molecule has 0 amide bonds. The maximum atomic E-state index is 12.2. The van der Waals surface area contributed by atoms with Crippen molar-refractivity contribution in [2.45, 2.75) is 97.0 Å². The molecule has 7 nitrogen and oxygen atoms in total. The van der Waals surface area contributed by atoms with E-state index in [1.165, 1.54) is 57.8 Å². The first-order valence-corrected chi connectivity index (χ1v) is 14.3. The maximum absolute atomic E-state index is 12.2. The van der Waals surface area contributed by atoms with E-state index >= 15 is 0 Å². The van der Waals surface area contributed by atoms with E-state index in [-0.39, 0.29) is 19.3 Å². The van der Waals surface area contributed by atoms with Crippen LogP contribution < -0.4 is 0 Å². The third-order valence-corrected chi connectivity index (χ3v) is 6.22. The molecule has 0 aromatic rings. The van der Waals surface area contributed by atoms with Gasteiger partial charge in [0.05, 0.1) is 34.4 Å². The molecule has 0 fully saturated rings. The minimum absolute atomic E-state index is 0.00944. The van der Waals surface area contributed by atoms with Crippen molar-refractivity contribution in [2.75, 3.05) is 60.7 Å². The second kappa shape index (κ2) is 20.4. The summed E-state index contributed by atoms with van der Waals surface area (Å²) < 4.78 is 34.9. The van der Waals surface area contributed by atoms with Gasteiger partial charge in [-0.3, -0.25) is 9.05 Å². The monoisotopic (exact) mass is 482 g/mol. The highest BCUT2D eigenvalue weighted by Crippen LogP contribution is 2.43. The van der Waals surface area contributed by atoms with Gasteiger partial charge in [-0.2, -0.15) is 0 Å². The van der Waals surface area contributed by atoms with Crippen molar-refractivity contribution in [1.29, 1.82) is 0 Å². The number of hydrogen-bond acceptors (Lipinski definition) is 5. The summed E-state index contributed by atoms with van der Waals surface area (Å²) in [5.41, 5.74) is 0. The molecule has 0 aromatic heterocycles. The Labute approximate surface area is 198 Å². The second-order valence-corrected chi connectivity index (χ2v) is 11.2. The molecule has 194 valence electrons. The van der Waals surface area contributed by atoms with Gasteiger partial charge < -0.3 is 18.9 Å². The summed E-state index contributed by atoms with van der Waals surface area (Å²) in [6.45, 7) is 6.86. The summed E-state index contributed by atoms with van der Waals surface area (Å²) in [7, 11) is 1.90. The molecule has 0 rings (SSSR count). The van der Waals surface area contributed by atoms with Crippen molar-refractivity contribution < 1.29 is 32.5 Å². The normalized spacial score (nSPS) is 15.1. The Morgan fingerprint density at radius 3 is 1.81 bits per heavy atom. The van der Waals surface area contributed by atoms with Gasteiger partial charge in [-0.05, 0) is 12.8 Å². The van der Waals surface area contributed by atoms with E-state index in [1.807, 2.05) is 21.1 Å². The average molecular weight is 483 g/mol.